The van der Waals surface area contributed by atoms with Crippen LogP contribution in [0.4, 0.5) is 4.79 Å². The predicted octanol–water partition coefficient (Wildman–Crippen LogP) is 0.653. The summed E-state index contributed by atoms with van der Waals surface area (Å²) in [6.07, 6.45) is 0.332. The maximum Gasteiger partial charge on any atom is 0.317 e. The van der Waals surface area contributed by atoms with Gasteiger partial charge in [-0.2, -0.15) is 0 Å². The van der Waals surface area contributed by atoms with E-state index < -0.39 is 11.5 Å². The van der Waals surface area contributed by atoms with Crippen molar-refractivity contribution in [3.05, 3.63) is 0 Å². The molecule has 0 fully saturated rings. The van der Waals surface area contributed by atoms with Gasteiger partial charge in [0.1, 0.15) is 0 Å². The average molecular weight is 287 g/mol. The minimum atomic E-state index is -0.895. The molecule has 0 aliphatic carbocycles. The van der Waals surface area contributed by atoms with E-state index in [1.165, 1.54) is 4.90 Å². The molecule has 7 heteroatoms. The van der Waals surface area contributed by atoms with Gasteiger partial charge in [0.25, 0.3) is 0 Å². The minimum absolute atomic E-state index is 0.00830. The minimum Gasteiger partial charge on any atom is -0.481 e. The highest BCUT2D eigenvalue weighted by Gasteiger charge is 2.24. The van der Waals surface area contributed by atoms with Gasteiger partial charge in [0.2, 0.25) is 5.91 Å². The summed E-state index contributed by atoms with van der Waals surface area (Å²) in [5.74, 6) is -1.33. The van der Waals surface area contributed by atoms with Crippen molar-refractivity contribution in [1.29, 1.82) is 0 Å². The standard InChI is InChI=1S/C13H25N3O4/c1-9(11(19)14-4)8-16(5)12(20)15-13(2,3)7-6-10(17)18/h9H,6-8H2,1-5H3,(H,14,19)(H,15,20)(H,17,18). The second kappa shape index (κ2) is 7.72. The van der Waals surface area contributed by atoms with E-state index in [9.17, 15) is 14.4 Å². The lowest BCUT2D eigenvalue weighted by Crippen LogP contribution is -2.50. The zero-order valence-corrected chi connectivity index (χ0v) is 12.8. The van der Waals surface area contributed by atoms with Gasteiger partial charge < -0.3 is 20.6 Å². The molecule has 0 heterocycles. The molecule has 20 heavy (non-hydrogen) atoms. The highest BCUT2D eigenvalue weighted by Crippen LogP contribution is 2.12. The predicted molar refractivity (Wildman–Crippen MR) is 75.3 cm³/mol. The van der Waals surface area contributed by atoms with E-state index in [1.54, 1.807) is 34.9 Å². The molecule has 3 N–H and O–H groups in total. The molecular formula is C13H25N3O4. The average Bonchev–Trinajstić information content (AvgIpc) is 2.34. The quantitative estimate of drug-likeness (QED) is 0.640. The van der Waals surface area contributed by atoms with E-state index in [4.69, 9.17) is 5.11 Å². The molecule has 3 amide bonds. The highest BCUT2D eigenvalue weighted by molar-refractivity contribution is 5.80. The third-order valence-corrected chi connectivity index (χ3v) is 3.00. The van der Waals surface area contributed by atoms with Gasteiger partial charge in [-0.05, 0) is 20.3 Å². The van der Waals surface area contributed by atoms with E-state index in [1.807, 2.05) is 0 Å². The second-order valence-electron chi connectivity index (χ2n) is 5.60. The number of carboxylic acids is 1. The summed E-state index contributed by atoms with van der Waals surface area (Å²) in [6.45, 7) is 5.56. The lowest BCUT2D eigenvalue weighted by atomic mass is 9.99. The molecule has 0 aromatic carbocycles. The van der Waals surface area contributed by atoms with Crippen LogP contribution in [-0.2, 0) is 9.59 Å². The number of hydrogen-bond donors (Lipinski definition) is 3. The smallest absolute Gasteiger partial charge is 0.317 e. The van der Waals surface area contributed by atoms with Crippen molar-refractivity contribution in [2.45, 2.75) is 39.2 Å². The largest absolute Gasteiger partial charge is 0.481 e. The molecule has 1 unspecified atom stereocenters. The first-order chi connectivity index (χ1) is 9.09. The van der Waals surface area contributed by atoms with Crippen molar-refractivity contribution in [3.63, 3.8) is 0 Å². The molecule has 0 aromatic heterocycles. The summed E-state index contributed by atoms with van der Waals surface area (Å²) in [5.41, 5.74) is -0.611. The van der Waals surface area contributed by atoms with Crippen LogP contribution in [0, 0.1) is 5.92 Å². The van der Waals surface area contributed by atoms with Crippen LogP contribution in [-0.4, -0.2) is 54.1 Å². The Bertz CT molecular complexity index is 369. The summed E-state index contributed by atoms with van der Waals surface area (Å²) < 4.78 is 0. The fourth-order valence-electron chi connectivity index (χ4n) is 1.69. The molecule has 0 spiro atoms. The summed E-state index contributed by atoms with van der Waals surface area (Å²) in [6, 6.07) is -0.323. The number of amides is 3. The SMILES string of the molecule is CNC(=O)C(C)CN(C)C(=O)NC(C)(C)CCC(=O)O. The van der Waals surface area contributed by atoms with Crippen LogP contribution in [0.1, 0.15) is 33.6 Å². The number of carbonyl (C=O) groups excluding carboxylic acids is 2. The number of urea groups is 1. The summed E-state index contributed by atoms with van der Waals surface area (Å²) >= 11 is 0. The van der Waals surface area contributed by atoms with Gasteiger partial charge >= 0.3 is 12.0 Å². The molecule has 0 radical (unpaired) electrons. The molecule has 0 aliphatic rings. The fraction of sp³-hybridized carbons (Fsp3) is 0.769. The topological polar surface area (TPSA) is 98.7 Å². The number of carboxylic acid groups (broad SMARTS) is 1. The Labute approximate surface area is 119 Å². The normalized spacial score (nSPS) is 12.4. The Morgan fingerprint density at radius 2 is 1.85 bits per heavy atom. The van der Waals surface area contributed by atoms with Crippen LogP contribution in [0.5, 0.6) is 0 Å². The third-order valence-electron chi connectivity index (χ3n) is 3.00. The van der Waals surface area contributed by atoms with E-state index in [0.717, 1.165) is 0 Å². The maximum atomic E-state index is 12.0. The van der Waals surface area contributed by atoms with Crippen LogP contribution >= 0.6 is 0 Å². The van der Waals surface area contributed by atoms with Gasteiger partial charge in [0.05, 0.1) is 5.92 Å². The molecular weight excluding hydrogens is 262 g/mol. The van der Waals surface area contributed by atoms with Gasteiger partial charge in [-0.3, -0.25) is 9.59 Å². The monoisotopic (exact) mass is 287 g/mol. The molecule has 1 atom stereocenters. The van der Waals surface area contributed by atoms with E-state index in [2.05, 4.69) is 10.6 Å². The maximum absolute atomic E-state index is 12.0. The molecule has 116 valence electrons. The van der Waals surface area contributed by atoms with E-state index in [0.29, 0.717) is 13.0 Å². The van der Waals surface area contributed by atoms with Crippen molar-refractivity contribution in [1.82, 2.24) is 15.5 Å². The zero-order chi connectivity index (χ0) is 15.9. The van der Waals surface area contributed by atoms with Crippen molar-refractivity contribution in [2.24, 2.45) is 5.92 Å². The van der Waals surface area contributed by atoms with Gasteiger partial charge in [-0.15, -0.1) is 0 Å². The summed E-state index contributed by atoms with van der Waals surface area (Å²) in [7, 11) is 3.15. The van der Waals surface area contributed by atoms with Gasteiger partial charge in [0, 0.05) is 32.6 Å². The van der Waals surface area contributed by atoms with Gasteiger partial charge in [-0.1, -0.05) is 6.92 Å². The number of nitrogens with zero attached hydrogens (tertiary/aromatic N) is 1. The Kier molecular flexibility index (Phi) is 7.02. The Morgan fingerprint density at radius 1 is 1.30 bits per heavy atom. The Balaban J connectivity index is 4.37. The molecule has 0 saturated heterocycles. The zero-order valence-electron chi connectivity index (χ0n) is 12.8. The van der Waals surface area contributed by atoms with Crippen molar-refractivity contribution in [3.8, 4) is 0 Å². The molecule has 0 saturated carbocycles. The van der Waals surface area contributed by atoms with Gasteiger partial charge in [-0.25, -0.2) is 4.79 Å². The molecule has 0 bridgehead atoms. The van der Waals surface area contributed by atoms with Crippen LogP contribution < -0.4 is 10.6 Å². The molecule has 7 nitrogen and oxygen atoms in total. The molecule has 0 aromatic rings. The number of carbonyl (C=O) groups is 3. The highest BCUT2D eigenvalue weighted by atomic mass is 16.4. The first kappa shape index (κ1) is 18.2. The van der Waals surface area contributed by atoms with Crippen molar-refractivity contribution in [2.75, 3.05) is 20.6 Å². The number of aliphatic carboxylic acids is 1. The first-order valence-electron chi connectivity index (χ1n) is 6.55. The van der Waals surface area contributed by atoms with E-state index in [-0.39, 0.29) is 24.3 Å². The van der Waals surface area contributed by atoms with Crippen LogP contribution in [0.2, 0.25) is 0 Å². The fourth-order valence-corrected chi connectivity index (χ4v) is 1.69. The first-order valence-corrected chi connectivity index (χ1v) is 6.55. The second-order valence-corrected chi connectivity index (χ2v) is 5.60. The number of rotatable bonds is 7. The lowest BCUT2D eigenvalue weighted by Gasteiger charge is -2.29. The van der Waals surface area contributed by atoms with E-state index >= 15 is 0 Å². The van der Waals surface area contributed by atoms with Crippen molar-refractivity contribution >= 4 is 17.9 Å². The van der Waals surface area contributed by atoms with Crippen LogP contribution in [0.25, 0.3) is 0 Å². The molecule has 0 aliphatic heterocycles. The Hall–Kier alpha value is -1.79. The number of nitrogens with one attached hydrogen (secondary N) is 2. The van der Waals surface area contributed by atoms with Crippen LogP contribution in [0.3, 0.4) is 0 Å². The number of hydrogen-bond acceptors (Lipinski definition) is 3. The summed E-state index contributed by atoms with van der Waals surface area (Å²) in [4.78, 5) is 35.4. The van der Waals surface area contributed by atoms with Gasteiger partial charge in [0.15, 0.2) is 0 Å². The van der Waals surface area contributed by atoms with Crippen LogP contribution in [0.15, 0.2) is 0 Å². The lowest BCUT2D eigenvalue weighted by molar-refractivity contribution is -0.137. The molecule has 0 rings (SSSR count). The van der Waals surface area contributed by atoms with Crippen molar-refractivity contribution < 1.29 is 19.5 Å². The third kappa shape index (κ3) is 6.96. The Morgan fingerprint density at radius 3 is 2.30 bits per heavy atom. The summed E-state index contributed by atoms with van der Waals surface area (Å²) in [5, 5.41) is 14.0.